The molecule has 3 rings (SSSR count). The minimum Gasteiger partial charge on any atom is -0.377 e. The Bertz CT molecular complexity index is 885. The molecule has 1 saturated heterocycles. The van der Waals surface area contributed by atoms with Crippen LogP contribution in [0.3, 0.4) is 0 Å². The Morgan fingerprint density at radius 2 is 1.00 bits per heavy atom. The van der Waals surface area contributed by atoms with Gasteiger partial charge in [0, 0.05) is 30.9 Å². The quantitative estimate of drug-likeness (QED) is 0.390. The predicted octanol–water partition coefficient (Wildman–Crippen LogP) is -1.69. The second-order valence-corrected chi connectivity index (χ2v) is 9.07. The van der Waals surface area contributed by atoms with E-state index >= 15 is 0 Å². The molecule has 1 aliphatic rings. The van der Waals surface area contributed by atoms with E-state index < -0.39 is 10.2 Å². The smallest absolute Gasteiger partial charge is 0.169 e. The van der Waals surface area contributed by atoms with Crippen molar-refractivity contribution in [1.29, 1.82) is 0 Å². The van der Waals surface area contributed by atoms with Crippen LogP contribution in [0.25, 0.3) is 12.2 Å². The molecule has 11 nitrogen and oxygen atoms in total. The largest absolute Gasteiger partial charge is 0.377 e. The summed E-state index contributed by atoms with van der Waals surface area (Å²) in [6.45, 7) is 10.6. The number of halogens is 1. The van der Waals surface area contributed by atoms with E-state index in [2.05, 4.69) is 77.3 Å². The molecule has 1 aliphatic heterocycles. The lowest BCUT2D eigenvalue weighted by molar-refractivity contribution is -2.00. The Labute approximate surface area is 232 Å². The van der Waals surface area contributed by atoms with Gasteiger partial charge in [-0.1, -0.05) is 24.3 Å². The van der Waals surface area contributed by atoms with Gasteiger partial charge in [-0.15, -0.1) is 10.2 Å². The van der Waals surface area contributed by atoms with Gasteiger partial charge in [0.05, 0.1) is 66.1 Å². The van der Waals surface area contributed by atoms with Crippen molar-refractivity contribution in [2.24, 2.45) is 0 Å². The molecule has 0 bridgehead atoms. The van der Waals surface area contributed by atoms with Crippen molar-refractivity contribution in [1.82, 2.24) is 0 Å². The minimum atomic E-state index is -4.94. The summed E-state index contributed by atoms with van der Waals surface area (Å²) in [6, 6.07) is 12.9. The van der Waals surface area contributed by atoms with Crippen LogP contribution in [0.15, 0.2) is 48.8 Å². The first-order valence-corrected chi connectivity index (χ1v) is 14.1. The molecule has 1 fully saturated rings. The summed E-state index contributed by atoms with van der Waals surface area (Å²) in [5, 5.41) is 0. The molecule has 0 aliphatic carbocycles. The lowest BCUT2D eigenvalue weighted by atomic mass is 10.1. The van der Waals surface area contributed by atoms with Crippen LogP contribution >= 0.6 is 0 Å². The van der Waals surface area contributed by atoms with Gasteiger partial charge in [0.1, 0.15) is 6.54 Å². The van der Waals surface area contributed by atoms with Crippen LogP contribution in [0.5, 0.6) is 0 Å². The van der Waals surface area contributed by atoms with Gasteiger partial charge in [-0.25, -0.2) is 23.2 Å². The van der Waals surface area contributed by atoms with E-state index in [0.717, 1.165) is 25.3 Å². The van der Waals surface area contributed by atoms with Gasteiger partial charge in [0.25, 0.3) is 0 Å². The summed E-state index contributed by atoms with van der Waals surface area (Å²) in [5.41, 5.74) is 3.52. The van der Waals surface area contributed by atoms with E-state index in [1.807, 2.05) is 0 Å². The summed E-state index contributed by atoms with van der Waals surface area (Å²) >= 11 is 0. The zero-order valence-electron chi connectivity index (χ0n) is 22.4. The number of hydrogen-bond acceptors (Lipinski definition) is 10. The van der Waals surface area contributed by atoms with Gasteiger partial charge in [0.2, 0.25) is 0 Å². The fourth-order valence-corrected chi connectivity index (χ4v) is 3.48. The average Bonchev–Trinajstić information content (AvgIpc) is 2.91. The Morgan fingerprint density at radius 1 is 0.641 bits per heavy atom. The highest BCUT2D eigenvalue weighted by atomic mass is 35.7. The van der Waals surface area contributed by atoms with E-state index in [9.17, 15) is 0 Å². The monoisotopic (exact) mass is 570 g/mol. The van der Waals surface area contributed by atoms with Crippen LogP contribution in [-0.4, -0.2) is 79.2 Å². The topological polar surface area (TPSA) is 146 Å². The van der Waals surface area contributed by atoms with Gasteiger partial charge >= 0.3 is 0 Å². The van der Waals surface area contributed by atoms with E-state index in [0.29, 0.717) is 66.1 Å². The van der Waals surface area contributed by atoms with E-state index in [1.165, 1.54) is 11.1 Å². The predicted molar refractivity (Wildman–Crippen MR) is 134 cm³/mol. The lowest BCUT2D eigenvalue weighted by Gasteiger charge is -2.25. The van der Waals surface area contributed by atoms with Gasteiger partial charge in [-0.05, 0) is 30.2 Å². The van der Waals surface area contributed by atoms with Crippen molar-refractivity contribution in [2.75, 3.05) is 84.1 Å². The molecule has 39 heavy (non-hydrogen) atoms. The Balaban J connectivity index is 0.000000976. The second kappa shape index (κ2) is 19.8. The van der Waals surface area contributed by atoms with Crippen molar-refractivity contribution >= 4 is 17.8 Å². The highest BCUT2D eigenvalue weighted by Gasteiger charge is 2.07. The Morgan fingerprint density at radius 3 is 1.38 bits per heavy atom. The number of rotatable bonds is 4. The number of benzene rings is 1. The molecular weight excluding hydrogens is 532 g/mol. The highest BCUT2D eigenvalue weighted by molar-refractivity contribution is 5.70. The van der Waals surface area contributed by atoms with Gasteiger partial charge < -0.3 is 28.6 Å². The third-order valence-electron chi connectivity index (χ3n) is 5.51. The summed E-state index contributed by atoms with van der Waals surface area (Å²) in [4.78, 5) is 2.30. The average molecular weight is 571 g/mol. The Kier molecular flexibility index (Phi) is 16.8. The normalized spacial score (nSPS) is 17.6. The summed E-state index contributed by atoms with van der Waals surface area (Å²) < 4.78 is 64.2. The van der Waals surface area contributed by atoms with E-state index in [1.54, 1.807) is 0 Å². The summed E-state index contributed by atoms with van der Waals surface area (Å²) in [5.74, 6) is 0. The van der Waals surface area contributed by atoms with Crippen LogP contribution in [0.1, 0.15) is 18.1 Å². The maximum atomic E-state index is 8.49. The number of aromatic nitrogens is 1. The maximum Gasteiger partial charge on any atom is 0.169 e. The molecule has 218 valence electrons. The molecule has 0 radical (unpaired) electrons. The molecule has 0 saturated carbocycles. The number of aryl methyl sites for hydroxylation is 1. The Hall–Kier alpha value is -2.16. The first kappa shape index (κ1) is 33.0. The van der Waals surface area contributed by atoms with Crippen LogP contribution in [0.2, 0.25) is 0 Å². The fraction of sp³-hybridized carbons (Fsp3) is 0.519. The third kappa shape index (κ3) is 17.2. The van der Waals surface area contributed by atoms with Crippen LogP contribution < -0.4 is 28.1 Å². The molecule has 0 unspecified atom stereocenters. The highest BCUT2D eigenvalue weighted by Crippen LogP contribution is 2.17. The van der Waals surface area contributed by atoms with Crippen molar-refractivity contribution in [3.8, 4) is 0 Å². The van der Waals surface area contributed by atoms with Crippen molar-refractivity contribution < 1.29 is 57.1 Å². The third-order valence-corrected chi connectivity index (χ3v) is 5.51. The zero-order valence-corrected chi connectivity index (χ0v) is 23.2. The number of pyridine rings is 1. The number of anilines is 1. The van der Waals surface area contributed by atoms with Crippen molar-refractivity contribution in [3.05, 3.63) is 59.9 Å². The SMILES string of the molecule is CC[n+]1ccc(/C=C/c2ccc(N3CCOCCOCCOCCOCCOCC3)cc2)cc1.[O-][Cl+3]([O-])([O-])[O-]. The molecule has 2 aromatic rings. The first-order chi connectivity index (χ1) is 18.8. The maximum absolute atomic E-state index is 8.49. The number of hydrogen-bond donors (Lipinski definition) is 0. The molecule has 0 amide bonds. The molecule has 0 atom stereocenters. The van der Waals surface area contributed by atoms with Crippen LogP contribution in [0, 0.1) is 10.2 Å². The zero-order chi connectivity index (χ0) is 28.2. The van der Waals surface area contributed by atoms with E-state index in [4.69, 9.17) is 42.3 Å². The van der Waals surface area contributed by atoms with Crippen LogP contribution in [0.4, 0.5) is 5.69 Å². The van der Waals surface area contributed by atoms with Crippen LogP contribution in [-0.2, 0) is 30.2 Å². The fourth-order valence-electron chi connectivity index (χ4n) is 3.48. The number of ether oxygens (including phenoxy) is 5. The molecule has 2 heterocycles. The molecule has 12 heteroatoms. The summed E-state index contributed by atoms with van der Waals surface area (Å²) in [6.07, 6.45) is 8.49. The molecule has 0 N–H and O–H groups in total. The van der Waals surface area contributed by atoms with E-state index in [-0.39, 0.29) is 0 Å². The molecule has 1 aromatic carbocycles. The number of nitrogens with zero attached hydrogens (tertiary/aromatic N) is 2. The lowest BCUT2D eigenvalue weighted by Crippen LogP contribution is -2.68. The van der Waals surface area contributed by atoms with Gasteiger partial charge in [-0.2, -0.15) is 0 Å². The molecular formula is C27H39ClN2O9. The first-order valence-electron chi connectivity index (χ1n) is 12.9. The minimum absolute atomic E-state index is 0.572. The van der Waals surface area contributed by atoms with Gasteiger partial charge in [0.15, 0.2) is 12.4 Å². The van der Waals surface area contributed by atoms with Crippen molar-refractivity contribution in [3.63, 3.8) is 0 Å². The molecule has 0 spiro atoms. The molecule has 1 aromatic heterocycles. The van der Waals surface area contributed by atoms with Crippen molar-refractivity contribution in [2.45, 2.75) is 13.5 Å². The summed E-state index contributed by atoms with van der Waals surface area (Å²) in [7, 11) is -4.94. The standard InChI is InChI=1S/C27H39N2O5.ClHO4/c1-2-28-11-9-26(10-12-28)4-3-25-5-7-27(8-6-25)29-13-15-30-17-19-32-21-23-34-24-22-33-20-18-31-16-14-29;2-1(3,4)5/h3-12H,2,13-24H2,1H3;(H,2,3,4,5)/q+1;/p-1. The second-order valence-electron chi connectivity index (χ2n) is 8.31. The van der Waals surface area contributed by atoms with Gasteiger partial charge in [-0.3, -0.25) is 0 Å².